The lowest BCUT2D eigenvalue weighted by Crippen LogP contribution is -2.03. The van der Waals surface area contributed by atoms with Crippen molar-refractivity contribution in [1.29, 1.82) is 0 Å². The molecule has 1 aromatic rings. The Hall–Kier alpha value is 0.0900. The number of rotatable bonds is 2. The summed E-state index contributed by atoms with van der Waals surface area (Å²) in [5, 5.41) is 0. The van der Waals surface area contributed by atoms with Gasteiger partial charge in [-0.2, -0.15) is 8.78 Å². The van der Waals surface area contributed by atoms with Crippen LogP contribution in [0, 0.1) is 3.57 Å². The van der Waals surface area contributed by atoms with E-state index in [1.54, 1.807) is 12.1 Å². The summed E-state index contributed by atoms with van der Waals surface area (Å²) in [4.78, 5) is 0. The van der Waals surface area contributed by atoms with Crippen LogP contribution in [0.1, 0.15) is 0 Å². The molecule has 0 bridgehead atoms. The minimum absolute atomic E-state index is 0.194. The molecule has 0 heterocycles. The van der Waals surface area contributed by atoms with Crippen LogP contribution in [-0.2, 0) is 0 Å². The summed E-state index contributed by atoms with van der Waals surface area (Å²) in [7, 11) is 0. The van der Waals surface area contributed by atoms with E-state index in [9.17, 15) is 8.78 Å². The number of benzene rings is 1. The van der Waals surface area contributed by atoms with Crippen molar-refractivity contribution in [2.24, 2.45) is 0 Å². The molecule has 66 valence electrons. The van der Waals surface area contributed by atoms with E-state index in [2.05, 4.69) is 20.7 Å². The van der Waals surface area contributed by atoms with Gasteiger partial charge in [-0.05, 0) is 50.7 Å². The molecular weight excluding hydrogens is 345 g/mol. The molecule has 0 aliphatic carbocycles. The maximum atomic E-state index is 11.8. The van der Waals surface area contributed by atoms with Crippen LogP contribution >= 0.6 is 38.5 Å². The summed E-state index contributed by atoms with van der Waals surface area (Å²) in [6.45, 7) is -2.77. The molecule has 0 aliphatic heterocycles. The summed E-state index contributed by atoms with van der Waals surface area (Å²) >= 11 is 5.14. The molecule has 12 heavy (non-hydrogen) atoms. The Kier molecular flexibility index (Phi) is 3.70. The second-order valence-electron chi connectivity index (χ2n) is 1.93. The van der Waals surface area contributed by atoms with E-state index in [1.807, 2.05) is 22.6 Å². The van der Waals surface area contributed by atoms with Crippen molar-refractivity contribution in [3.63, 3.8) is 0 Å². The van der Waals surface area contributed by atoms with Gasteiger partial charge in [0.05, 0.1) is 3.57 Å². The summed E-state index contributed by atoms with van der Waals surface area (Å²) < 4.78 is 29.2. The van der Waals surface area contributed by atoms with E-state index in [0.717, 1.165) is 4.47 Å². The predicted octanol–water partition coefficient (Wildman–Crippen LogP) is 3.66. The fourth-order valence-electron chi connectivity index (χ4n) is 0.671. The second-order valence-corrected chi connectivity index (χ2v) is 3.86. The smallest absolute Gasteiger partial charge is 0.387 e. The van der Waals surface area contributed by atoms with Gasteiger partial charge in [-0.1, -0.05) is 6.07 Å². The zero-order chi connectivity index (χ0) is 9.14. The molecule has 1 rings (SSSR count). The molecule has 0 atom stereocenters. The zero-order valence-electron chi connectivity index (χ0n) is 5.73. The maximum absolute atomic E-state index is 11.8. The normalized spacial score (nSPS) is 10.4. The fourth-order valence-corrected chi connectivity index (χ4v) is 1.51. The molecule has 1 nitrogen and oxygen atoms in total. The Balaban J connectivity index is 2.92. The largest absolute Gasteiger partial charge is 0.434 e. The van der Waals surface area contributed by atoms with Crippen LogP contribution in [0.4, 0.5) is 8.78 Å². The third-order valence-corrected chi connectivity index (χ3v) is 3.65. The number of ether oxygens (including phenoxy) is 1. The van der Waals surface area contributed by atoms with Crippen LogP contribution in [0.15, 0.2) is 22.7 Å². The zero-order valence-corrected chi connectivity index (χ0v) is 9.47. The first-order chi connectivity index (χ1) is 5.61. The lowest BCUT2D eigenvalue weighted by molar-refractivity contribution is -0.0504. The van der Waals surface area contributed by atoms with Gasteiger partial charge in [-0.3, -0.25) is 0 Å². The van der Waals surface area contributed by atoms with Crippen molar-refractivity contribution in [2.75, 3.05) is 0 Å². The van der Waals surface area contributed by atoms with E-state index in [-0.39, 0.29) is 5.75 Å². The molecule has 0 saturated carbocycles. The molecule has 0 saturated heterocycles. The lowest BCUT2D eigenvalue weighted by atomic mass is 10.3. The summed E-state index contributed by atoms with van der Waals surface area (Å²) in [6, 6.07) is 4.91. The van der Waals surface area contributed by atoms with Gasteiger partial charge in [0.1, 0.15) is 5.75 Å². The Morgan fingerprint density at radius 2 is 2.08 bits per heavy atom. The Bertz CT molecular complexity index is 280. The van der Waals surface area contributed by atoms with E-state index in [0.29, 0.717) is 3.57 Å². The van der Waals surface area contributed by atoms with Gasteiger partial charge in [-0.15, -0.1) is 0 Å². The average molecular weight is 349 g/mol. The highest BCUT2D eigenvalue weighted by atomic mass is 127. The van der Waals surface area contributed by atoms with Crippen molar-refractivity contribution >= 4 is 38.5 Å². The van der Waals surface area contributed by atoms with Crippen LogP contribution in [0.3, 0.4) is 0 Å². The Labute approximate surface area is 90.4 Å². The summed E-state index contributed by atoms with van der Waals surface area (Å²) in [5.74, 6) is 0.194. The van der Waals surface area contributed by atoms with Gasteiger partial charge in [0.25, 0.3) is 0 Å². The monoisotopic (exact) mass is 348 g/mol. The first-order valence-corrected chi connectivity index (χ1v) is 4.87. The van der Waals surface area contributed by atoms with Gasteiger partial charge < -0.3 is 4.74 Å². The van der Waals surface area contributed by atoms with Crippen molar-refractivity contribution in [1.82, 2.24) is 0 Å². The fraction of sp³-hybridized carbons (Fsp3) is 0.143. The average Bonchev–Trinajstić information content (AvgIpc) is 1.98. The predicted molar refractivity (Wildman–Crippen MR) is 53.5 cm³/mol. The van der Waals surface area contributed by atoms with E-state index in [4.69, 9.17) is 0 Å². The summed E-state index contributed by atoms with van der Waals surface area (Å²) in [5.41, 5.74) is 0. The van der Waals surface area contributed by atoms with Crippen LogP contribution in [0.5, 0.6) is 5.75 Å². The molecule has 0 N–H and O–H groups in total. The highest BCUT2D eigenvalue weighted by Crippen LogP contribution is 2.29. The third kappa shape index (κ3) is 2.55. The minimum atomic E-state index is -2.77. The second kappa shape index (κ2) is 4.36. The number of hydrogen-bond donors (Lipinski definition) is 0. The number of halogens is 4. The van der Waals surface area contributed by atoms with Gasteiger partial charge in [-0.25, -0.2) is 0 Å². The molecule has 0 amide bonds. The number of hydrogen-bond acceptors (Lipinski definition) is 1. The third-order valence-electron chi connectivity index (χ3n) is 1.13. The van der Waals surface area contributed by atoms with Gasteiger partial charge in [0.15, 0.2) is 0 Å². The molecule has 0 unspecified atom stereocenters. The highest BCUT2D eigenvalue weighted by Gasteiger charge is 2.09. The standard InChI is InChI=1S/C7H4BrF2IO/c8-4-2-1-3-5(6(4)11)12-7(9)10/h1-3,7H. The lowest BCUT2D eigenvalue weighted by Gasteiger charge is -2.06. The molecule has 1 aromatic carbocycles. The SMILES string of the molecule is FC(F)Oc1cccc(Br)c1I. The van der Waals surface area contributed by atoms with Crippen LogP contribution < -0.4 is 4.74 Å². The number of alkyl halides is 2. The van der Waals surface area contributed by atoms with Crippen molar-refractivity contribution in [3.8, 4) is 5.75 Å². The molecule has 0 radical (unpaired) electrons. The molecule has 0 fully saturated rings. The molecule has 0 aromatic heterocycles. The van der Waals surface area contributed by atoms with Crippen molar-refractivity contribution in [3.05, 3.63) is 26.2 Å². The first kappa shape index (κ1) is 10.2. The first-order valence-electron chi connectivity index (χ1n) is 3.00. The van der Waals surface area contributed by atoms with Crippen molar-refractivity contribution < 1.29 is 13.5 Å². The van der Waals surface area contributed by atoms with Crippen LogP contribution in [0.2, 0.25) is 0 Å². The molecule has 5 heteroatoms. The van der Waals surface area contributed by atoms with E-state index < -0.39 is 6.61 Å². The highest BCUT2D eigenvalue weighted by molar-refractivity contribution is 14.1. The van der Waals surface area contributed by atoms with Gasteiger partial charge >= 0.3 is 6.61 Å². The van der Waals surface area contributed by atoms with E-state index in [1.165, 1.54) is 6.07 Å². The van der Waals surface area contributed by atoms with Gasteiger partial charge in [0.2, 0.25) is 0 Å². The Morgan fingerprint density at radius 1 is 1.42 bits per heavy atom. The van der Waals surface area contributed by atoms with Gasteiger partial charge in [0, 0.05) is 4.47 Å². The molecule has 0 spiro atoms. The Morgan fingerprint density at radius 3 is 2.67 bits per heavy atom. The minimum Gasteiger partial charge on any atom is -0.434 e. The quantitative estimate of drug-likeness (QED) is 0.741. The van der Waals surface area contributed by atoms with Crippen LogP contribution in [-0.4, -0.2) is 6.61 Å². The van der Waals surface area contributed by atoms with E-state index >= 15 is 0 Å². The van der Waals surface area contributed by atoms with Crippen LogP contribution in [0.25, 0.3) is 0 Å². The van der Waals surface area contributed by atoms with Crippen molar-refractivity contribution in [2.45, 2.75) is 6.61 Å². The molecular formula is C7H4BrF2IO. The topological polar surface area (TPSA) is 9.23 Å². The molecule has 0 aliphatic rings. The maximum Gasteiger partial charge on any atom is 0.387 e. The summed E-state index contributed by atoms with van der Waals surface area (Å²) in [6.07, 6.45) is 0.